The Morgan fingerprint density at radius 1 is 1.53 bits per heavy atom. The van der Waals surface area contributed by atoms with Gasteiger partial charge in [-0.1, -0.05) is 6.07 Å². The van der Waals surface area contributed by atoms with Crippen LogP contribution in [-0.2, 0) is 4.79 Å². The zero-order valence-electron chi connectivity index (χ0n) is 8.58. The average molecular weight is 209 g/mol. The largest absolute Gasteiger partial charge is 0.494 e. The molecule has 0 fully saturated rings. The Kier molecular flexibility index (Phi) is 3.85. The predicted octanol–water partition coefficient (Wildman–Crippen LogP) is 1.59. The zero-order chi connectivity index (χ0) is 11.3. The number of methoxy groups -OCH3 is 1. The summed E-state index contributed by atoms with van der Waals surface area (Å²) in [6, 6.07) is 4.38. The molecular formula is C11H12FNO2. The molecule has 0 atom stereocenters. The standard InChI is InChI=1S/C11H12FNO2/c1-13-11(14)6-4-8-3-5-9(12)10(7-8)15-2/h3-7H,1-2H3,(H,13,14). The van der Waals surface area contributed by atoms with Gasteiger partial charge in [-0.25, -0.2) is 4.39 Å². The van der Waals surface area contributed by atoms with Crippen molar-refractivity contribution in [3.8, 4) is 5.75 Å². The molecule has 0 heterocycles. The van der Waals surface area contributed by atoms with Crippen LogP contribution < -0.4 is 10.1 Å². The van der Waals surface area contributed by atoms with Crippen LogP contribution in [0.1, 0.15) is 5.56 Å². The maximum atomic E-state index is 13.0. The minimum Gasteiger partial charge on any atom is -0.494 e. The Morgan fingerprint density at radius 3 is 2.87 bits per heavy atom. The topological polar surface area (TPSA) is 38.3 Å². The van der Waals surface area contributed by atoms with E-state index in [4.69, 9.17) is 4.74 Å². The molecular weight excluding hydrogens is 197 g/mol. The minimum absolute atomic E-state index is 0.161. The van der Waals surface area contributed by atoms with Crippen LogP contribution >= 0.6 is 0 Å². The number of likely N-dealkylation sites (N-methyl/N-ethyl adjacent to an activating group) is 1. The van der Waals surface area contributed by atoms with Gasteiger partial charge in [0.1, 0.15) is 0 Å². The number of carbonyl (C=O) groups excluding carboxylic acids is 1. The van der Waals surface area contributed by atoms with Crippen molar-refractivity contribution in [3.05, 3.63) is 35.7 Å². The predicted molar refractivity (Wildman–Crippen MR) is 56.1 cm³/mol. The van der Waals surface area contributed by atoms with Gasteiger partial charge in [0.25, 0.3) is 0 Å². The molecule has 0 aliphatic carbocycles. The van der Waals surface area contributed by atoms with Gasteiger partial charge >= 0.3 is 0 Å². The molecule has 0 saturated carbocycles. The molecule has 1 aromatic carbocycles. The van der Waals surface area contributed by atoms with E-state index in [-0.39, 0.29) is 11.7 Å². The van der Waals surface area contributed by atoms with E-state index in [0.717, 1.165) is 0 Å². The van der Waals surface area contributed by atoms with Crippen molar-refractivity contribution in [1.82, 2.24) is 5.32 Å². The highest BCUT2D eigenvalue weighted by Gasteiger charge is 2.01. The van der Waals surface area contributed by atoms with Crippen molar-refractivity contribution in [2.45, 2.75) is 0 Å². The summed E-state index contributed by atoms with van der Waals surface area (Å²) >= 11 is 0. The van der Waals surface area contributed by atoms with Crippen LogP contribution in [0.15, 0.2) is 24.3 Å². The van der Waals surface area contributed by atoms with E-state index in [9.17, 15) is 9.18 Å². The third kappa shape index (κ3) is 3.09. The van der Waals surface area contributed by atoms with E-state index in [1.807, 2.05) is 0 Å². The third-order valence-corrected chi connectivity index (χ3v) is 1.85. The lowest BCUT2D eigenvalue weighted by Crippen LogP contribution is -2.13. The second-order valence-electron chi connectivity index (χ2n) is 2.84. The molecule has 0 aromatic heterocycles. The Hall–Kier alpha value is -1.84. The molecule has 80 valence electrons. The number of amides is 1. The highest BCUT2D eigenvalue weighted by atomic mass is 19.1. The smallest absolute Gasteiger partial charge is 0.243 e. The first-order chi connectivity index (χ1) is 7.17. The molecule has 1 rings (SSSR count). The van der Waals surface area contributed by atoms with Gasteiger partial charge in [0.2, 0.25) is 5.91 Å². The van der Waals surface area contributed by atoms with E-state index < -0.39 is 5.82 Å². The molecule has 0 radical (unpaired) electrons. The van der Waals surface area contributed by atoms with Crippen molar-refractivity contribution < 1.29 is 13.9 Å². The maximum Gasteiger partial charge on any atom is 0.243 e. The molecule has 0 bridgehead atoms. The molecule has 0 spiro atoms. The van der Waals surface area contributed by atoms with Gasteiger partial charge in [-0.3, -0.25) is 4.79 Å². The SMILES string of the molecule is CNC(=O)C=Cc1ccc(F)c(OC)c1. The second kappa shape index (κ2) is 5.14. The number of benzene rings is 1. The number of rotatable bonds is 3. The Morgan fingerprint density at radius 2 is 2.27 bits per heavy atom. The Bertz CT molecular complexity index is 388. The second-order valence-corrected chi connectivity index (χ2v) is 2.84. The lowest BCUT2D eigenvalue weighted by Gasteiger charge is -2.02. The highest BCUT2D eigenvalue weighted by Crippen LogP contribution is 2.18. The fourth-order valence-corrected chi connectivity index (χ4v) is 1.04. The Balaban J connectivity index is 2.87. The summed E-state index contributed by atoms with van der Waals surface area (Å²) in [5.41, 5.74) is 0.705. The summed E-state index contributed by atoms with van der Waals surface area (Å²) in [7, 11) is 2.93. The normalized spacial score (nSPS) is 10.3. The average Bonchev–Trinajstić information content (AvgIpc) is 2.27. The fraction of sp³-hybridized carbons (Fsp3) is 0.182. The summed E-state index contributed by atoms with van der Waals surface area (Å²) in [6.45, 7) is 0. The van der Waals surface area contributed by atoms with Gasteiger partial charge in [-0.2, -0.15) is 0 Å². The molecule has 15 heavy (non-hydrogen) atoms. The summed E-state index contributed by atoms with van der Waals surface area (Å²) in [5.74, 6) is -0.470. The van der Waals surface area contributed by atoms with Gasteiger partial charge in [0, 0.05) is 13.1 Å². The van der Waals surface area contributed by atoms with Gasteiger partial charge in [-0.05, 0) is 23.8 Å². The van der Waals surface area contributed by atoms with Crippen LogP contribution in [0.3, 0.4) is 0 Å². The van der Waals surface area contributed by atoms with Gasteiger partial charge < -0.3 is 10.1 Å². The summed E-state index contributed by atoms with van der Waals surface area (Å²) in [6.07, 6.45) is 2.95. The Labute approximate surface area is 87.6 Å². The van der Waals surface area contributed by atoms with Crippen LogP contribution in [0.25, 0.3) is 6.08 Å². The maximum absolute atomic E-state index is 13.0. The van der Waals surface area contributed by atoms with Crippen LogP contribution in [0.5, 0.6) is 5.75 Å². The van der Waals surface area contributed by atoms with Crippen molar-refractivity contribution in [3.63, 3.8) is 0 Å². The van der Waals surface area contributed by atoms with E-state index in [2.05, 4.69) is 5.32 Å². The lowest BCUT2D eigenvalue weighted by atomic mass is 10.2. The monoisotopic (exact) mass is 209 g/mol. The van der Waals surface area contributed by atoms with Gasteiger partial charge in [0.15, 0.2) is 11.6 Å². The van der Waals surface area contributed by atoms with Crippen molar-refractivity contribution >= 4 is 12.0 Å². The highest BCUT2D eigenvalue weighted by molar-refractivity contribution is 5.91. The van der Waals surface area contributed by atoms with Gasteiger partial charge in [0.05, 0.1) is 7.11 Å². The van der Waals surface area contributed by atoms with Crippen molar-refractivity contribution in [1.29, 1.82) is 0 Å². The van der Waals surface area contributed by atoms with Crippen LogP contribution in [0.2, 0.25) is 0 Å². The minimum atomic E-state index is -0.422. The third-order valence-electron chi connectivity index (χ3n) is 1.85. The molecule has 1 amide bonds. The number of hydrogen-bond donors (Lipinski definition) is 1. The van der Waals surface area contributed by atoms with E-state index >= 15 is 0 Å². The first-order valence-electron chi connectivity index (χ1n) is 4.40. The van der Waals surface area contributed by atoms with E-state index in [0.29, 0.717) is 5.56 Å². The summed E-state index contributed by atoms with van der Waals surface area (Å²) < 4.78 is 17.8. The fourth-order valence-electron chi connectivity index (χ4n) is 1.04. The number of hydrogen-bond acceptors (Lipinski definition) is 2. The molecule has 0 unspecified atom stereocenters. The molecule has 4 heteroatoms. The first-order valence-corrected chi connectivity index (χ1v) is 4.40. The number of halogens is 1. The van der Waals surface area contributed by atoms with Crippen molar-refractivity contribution in [2.75, 3.05) is 14.2 Å². The van der Waals surface area contributed by atoms with Crippen LogP contribution in [-0.4, -0.2) is 20.1 Å². The first kappa shape index (κ1) is 11.2. The zero-order valence-corrected chi connectivity index (χ0v) is 8.58. The lowest BCUT2D eigenvalue weighted by molar-refractivity contribution is -0.115. The van der Waals surface area contributed by atoms with Crippen LogP contribution in [0.4, 0.5) is 4.39 Å². The molecule has 3 nitrogen and oxygen atoms in total. The number of carbonyl (C=O) groups is 1. The van der Waals surface area contributed by atoms with Gasteiger partial charge in [-0.15, -0.1) is 0 Å². The number of ether oxygens (including phenoxy) is 1. The molecule has 1 aromatic rings. The molecule has 1 N–H and O–H groups in total. The van der Waals surface area contributed by atoms with Crippen LogP contribution in [0, 0.1) is 5.82 Å². The summed E-state index contributed by atoms with van der Waals surface area (Å²) in [4.78, 5) is 10.9. The molecule has 0 aliphatic heterocycles. The molecule has 0 saturated heterocycles. The van der Waals surface area contributed by atoms with Crippen molar-refractivity contribution in [2.24, 2.45) is 0 Å². The number of nitrogens with one attached hydrogen (secondary N) is 1. The summed E-state index contributed by atoms with van der Waals surface area (Å²) in [5, 5.41) is 2.44. The molecule has 0 aliphatic rings. The van der Waals surface area contributed by atoms with E-state index in [1.54, 1.807) is 12.1 Å². The van der Waals surface area contributed by atoms with E-state index in [1.165, 1.54) is 32.4 Å². The quantitative estimate of drug-likeness (QED) is 0.768.